The van der Waals surface area contributed by atoms with E-state index < -0.39 is 16.1 Å². The first kappa shape index (κ1) is 27.2. The lowest BCUT2D eigenvalue weighted by Crippen LogP contribution is -2.54. The monoisotopic (exact) mass is 583 g/mol. The van der Waals surface area contributed by atoms with Crippen LogP contribution in [-0.2, 0) is 21.2 Å². The fourth-order valence-corrected chi connectivity index (χ4v) is 10.2. The van der Waals surface area contributed by atoms with Crippen LogP contribution in [0, 0.1) is 23.2 Å². The lowest BCUT2D eigenvalue weighted by atomic mass is 9.53. The van der Waals surface area contributed by atoms with Crippen LogP contribution in [0.25, 0.3) is 0 Å². The van der Waals surface area contributed by atoms with E-state index in [1.807, 2.05) is 23.6 Å². The zero-order valence-electron chi connectivity index (χ0n) is 21.3. The number of thiazole rings is 1. The van der Waals surface area contributed by atoms with E-state index in [0.717, 1.165) is 54.4 Å². The molecule has 1 saturated heterocycles. The summed E-state index contributed by atoms with van der Waals surface area (Å²) in [7, 11) is -3.79. The predicted molar refractivity (Wildman–Crippen MR) is 150 cm³/mol. The number of aliphatic hydroxyl groups is 1. The summed E-state index contributed by atoms with van der Waals surface area (Å²) in [4.78, 5) is 21.1. The number of halogens is 1. The number of aliphatic hydroxyl groups excluding tert-OH is 1. The van der Waals surface area contributed by atoms with E-state index in [1.165, 1.54) is 23.5 Å². The molecule has 0 spiro atoms. The zero-order valence-corrected chi connectivity index (χ0v) is 24.5. The molecule has 0 radical (unpaired) electrons. The summed E-state index contributed by atoms with van der Waals surface area (Å²) in [5.41, 5.74) is 0.721. The maximum absolute atomic E-state index is 13.3. The van der Waals surface area contributed by atoms with E-state index in [1.54, 1.807) is 12.1 Å². The Balaban J connectivity index is 1.36. The summed E-state index contributed by atoms with van der Waals surface area (Å²) >= 11 is 9.17. The number of fused-ring (bicyclic) bond motifs is 2. The molecule has 6 unspecified atom stereocenters. The zero-order chi connectivity index (χ0) is 26.5. The molecule has 1 saturated carbocycles. The van der Waals surface area contributed by atoms with Gasteiger partial charge in [0.05, 0.1) is 16.7 Å². The highest BCUT2D eigenvalue weighted by molar-refractivity contribution is 7.99. The normalized spacial score (nSPS) is 30.8. The molecule has 1 aliphatic heterocycles. The lowest BCUT2D eigenvalue weighted by Gasteiger charge is -2.53. The highest BCUT2D eigenvalue weighted by Gasteiger charge is 2.54. The van der Waals surface area contributed by atoms with Crippen LogP contribution in [0.1, 0.15) is 50.1 Å². The van der Waals surface area contributed by atoms with E-state index in [2.05, 4.69) is 18.6 Å². The standard InChI is InChI=1S/C26H34ClN3O4S3/c1-15(24(32)30-10-12-35-13-11-30)19-8-9-26(3)14-20-22(16(2)21(26)23(19)31)28-25(36-20)29-37(33,34)18-6-4-17(27)5-7-18/h4-7,15-16,19,21,23,31H,8-14H2,1-3H3,(H,28,29). The molecular formula is C26H34ClN3O4S3. The van der Waals surface area contributed by atoms with Crippen LogP contribution in [0.2, 0.25) is 5.02 Å². The van der Waals surface area contributed by atoms with Gasteiger partial charge in [0.25, 0.3) is 10.0 Å². The molecule has 11 heteroatoms. The van der Waals surface area contributed by atoms with Gasteiger partial charge in [0.1, 0.15) is 0 Å². The highest BCUT2D eigenvalue weighted by atomic mass is 35.5. The second-order valence-corrected chi connectivity index (χ2v) is 15.4. The Morgan fingerprint density at radius 3 is 2.62 bits per heavy atom. The Morgan fingerprint density at radius 1 is 1.27 bits per heavy atom. The van der Waals surface area contributed by atoms with Gasteiger partial charge in [-0.2, -0.15) is 11.8 Å². The fraction of sp³-hybridized carbons (Fsp3) is 0.615. The molecule has 2 aliphatic carbocycles. The third-order valence-electron chi connectivity index (χ3n) is 8.62. The quantitative estimate of drug-likeness (QED) is 0.521. The van der Waals surface area contributed by atoms with Crippen molar-refractivity contribution in [1.82, 2.24) is 9.88 Å². The van der Waals surface area contributed by atoms with Gasteiger partial charge in [-0.25, -0.2) is 13.4 Å². The maximum Gasteiger partial charge on any atom is 0.263 e. The molecule has 1 aromatic heterocycles. The van der Waals surface area contributed by atoms with Gasteiger partial charge in [-0.05, 0) is 60.8 Å². The average molecular weight is 584 g/mol. The van der Waals surface area contributed by atoms with Crippen LogP contribution in [0.15, 0.2) is 29.2 Å². The number of nitrogens with zero attached hydrogens (tertiary/aromatic N) is 2. The Hall–Kier alpha value is -1.33. The molecule has 6 atom stereocenters. The third kappa shape index (κ3) is 5.16. The average Bonchev–Trinajstić information content (AvgIpc) is 3.25. The number of amides is 1. The van der Waals surface area contributed by atoms with E-state index in [-0.39, 0.29) is 39.9 Å². The lowest BCUT2D eigenvalue weighted by molar-refractivity contribution is -0.144. The molecule has 0 bridgehead atoms. The van der Waals surface area contributed by atoms with Crippen LogP contribution in [0.4, 0.5) is 5.13 Å². The maximum atomic E-state index is 13.3. The number of carbonyl (C=O) groups excluding carboxylic acids is 1. The summed E-state index contributed by atoms with van der Waals surface area (Å²) in [5.74, 6) is 1.68. The number of hydrogen-bond donors (Lipinski definition) is 2. The first-order valence-electron chi connectivity index (χ1n) is 12.8. The summed E-state index contributed by atoms with van der Waals surface area (Å²) in [6.07, 6.45) is 1.85. The number of benzene rings is 1. The summed E-state index contributed by atoms with van der Waals surface area (Å²) < 4.78 is 28.5. The number of carbonyl (C=O) groups is 1. The van der Waals surface area contributed by atoms with Crippen molar-refractivity contribution >= 4 is 55.8 Å². The van der Waals surface area contributed by atoms with Crippen molar-refractivity contribution in [2.75, 3.05) is 29.3 Å². The van der Waals surface area contributed by atoms with Gasteiger partial charge in [0.15, 0.2) is 5.13 Å². The molecule has 2 fully saturated rings. The molecule has 2 N–H and O–H groups in total. The van der Waals surface area contributed by atoms with E-state index in [4.69, 9.17) is 16.6 Å². The number of aromatic nitrogens is 1. The Labute approximate surface area is 232 Å². The van der Waals surface area contributed by atoms with Gasteiger partial charge in [0, 0.05) is 46.3 Å². The second kappa shape index (κ2) is 10.3. The fourth-order valence-electron chi connectivity index (χ4n) is 6.63. The van der Waals surface area contributed by atoms with Crippen LogP contribution < -0.4 is 4.72 Å². The van der Waals surface area contributed by atoms with Crippen molar-refractivity contribution in [2.24, 2.45) is 23.2 Å². The summed E-state index contributed by atoms with van der Waals surface area (Å²) in [6.45, 7) is 7.85. The number of hydrogen-bond acceptors (Lipinski definition) is 7. The number of sulfonamides is 1. The molecule has 3 aliphatic rings. The van der Waals surface area contributed by atoms with E-state index in [9.17, 15) is 18.3 Å². The smallest absolute Gasteiger partial charge is 0.263 e. The topological polar surface area (TPSA) is 99.6 Å². The van der Waals surface area contributed by atoms with Crippen LogP contribution in [0.3, 0.4) is 0 Å². The van der Waals surface area contributed by atoms with E-state index >= 15 is 0 Å². The summed E-state index contributed by atoms with van der Waals surface area (Å²) in [5, 5.41) is 12.5. The van der Waals surface area contributed by atoms with E-state index in [0.29, 0.717) is 10.2 Å². The SMILES string of the molecule is CC(C(=O)N1CCSCC1)C1CCC2(C)Cc3sc(NS(=O)(=O)c4ccc(Cl)cc4)nc3C(C)C2C1O. The van der Waals surface area contributed by atoms with Gasteiger partial charge >= 0.3 is 0 Å². The molecule has 202 valence electrons. The van der Waals surface area contributed by atoms with Gasteiger partial charge < -0.3 is 10.0 Å². The molecular weight excluding hydrogens is 550 g/mol. The van der Waals surface area contributed by atoms with Gasteiger partial charge in [-0.1, -0.05) is 32.4 Å². The van der Waals surface area contributed by atoms with Crippen molar-refractivity contribution in [1.29, 1.82) is 0 Å². The third-order valence-corrected chi connectivity index (χ3v) is 12.3. The minimum Gasteiger partial charge on any atom is -0.392 e. The van der Waals surface area contributed by atoms with Crippen LogP contribution in [-0.4, -0.2) is 60.0 Å². The molecule has 2 heterocycles. The molecule has 2 aromatic rings. The molecule has 37 heavy (non-hydrogen) atoms. The van der Waals surface area contributed by atoms with Crippen molar-refractivity contribution < 1.29 is 18.3 Å². The van der Waals surface area contributed by atoms with Gasteiger partial charge in [-0.15, -0.1) is 11.3 Å². The van der Waals surface area contributed by atoms with Crippen LogP contribution in [0.5, 0.6) is 0 Å². The van der Waals surface area contributed by atoms with Gasteiger partial charge in [0.2, 0.25) is 5.91 Å². The predicted octanol–water partition coefficient (Wildman–Crippen LogP) is 4.86. The van der Waals surface area contributed by atoms with Crippen molar-refractivity contribution in [3.8, 4) is 0 Å². The highest BCUT2D eigenvalue weighted by Crippen LogP contribution is 2.57. The Morgan fingerprint density at radius 2 is 1.95 bits per heavy atom. The summed E-state index contributed by atoms with van der Waals surface area (Å²) in [6, 6.07) is 6.03. The Kier molecular flexibility index (Phi) is 7.61. The second-order valence-electron chi connectivity index (χ2n) is 11.0. The van der Waals surface area contributed by atoms with Gasteiger partial charge in [-0.3, -0.25) is 9.52 Å². The molecule has 1 aromatic carbocycles. The first-order valence-corrected chi connectivity index (χ1v) is 16.7. The van der Waals surface area contributed by atoms with Crippen molar-refractivity contribution in [3.05, 3.63) is 39.9 Å². The minimum atomic E-state index is -3.79. The first-order chi connectivity index (χ1) is 17.5. The number of thioether (sulfide) groups is 1. The molecule has 5 rings (SSSR count). The molecule has 1 amide bonds. The van der Waals surface area contributed by atoms with Crippen molar-refractivity contribution in [2.45, 2.75) is 57.0 Å². The largest absolute Gasteiger partial charge is 0.392 e. The number of anilines is 1. The number of nitrogens with one attached hydrogen (secondary N) is 1. The number of rotatable bonds is 5. The Bertz CT molecular complexity index is 1260. The van der Waals surface area contributed by atoms with Crippen LogP contribution >= 0.6 is 34.7 Å². The minimum absolute atomic E-state index is 0.0475. The molecule has 7 nitrogen and oxygen atoms in total. The van der Waals surface area contributed by atoms with Crippen molar-refractivity contribution in [3.63, 3.8) is 0 Å².